The van der Waals surface area contributed by atoms with Gasteiger partial charge in [0.1, 0.15) is 5.76 Å². The highest BCUT2D eigenvalue weighted by Crippen LogP contribution is 2.37. The smallest absolute Gasteiger partial charge is 0.216 e. The standard InChI is InChI=1S/C12H18O2S/c1-5-6-9(2)14-10-7-11(13)15-12(3,4)8-10/h7H,2,5-6,8H2,1,3-4H3. The molecule has 2 nitrogen and oxygen atoms in total. The lowest BCUT2D eigenvalue weighted by molar-refractivity contribution is -0.107. The molecule has 0 radical (unpaired) electrons. The summed E-state index contributed by atoms with van der Waals surface area (Å²) in [6.45, 7) is 10.0. The van der Waals surface area contributed by atoms with Crippen LogP contribution in [0.25, 0.3) is 0 Å². The Morgan fingerprint density at radius 1 is 1.67 bits per heavy atom. The molecule has 3 heteroatoms. The fourth-order valence-corrected chi connectivity index (χ4v) is 2.47. The molecule has 1 aliphatic rings. The predicted octanol–water partition coefficient (Wildman–Crippen LogP) is 3.64. The SMILES string of the molecule is C=C(CCC)OC1=CC(=O)SC(C)(C)C1. The fraction of sp³-hybridized carbons (Fsp3) is 0.583. The molecule has 0 aromatic rings. The van der Waals surface area contributed by atoms with Gasteiger partial charge in [0.15, 0.2) is 0 Å². The maximum Gasteiger partial charge on any atom is 0.216 e. The number of allylic oxidation sites excluding steroid dienone is 2. The lowest BCUT2D eigenvalue weighted by atomic mass is 10.1. The Balaban J connectivity index is 2.62. The number of hydrogen-bond donors (Lipinski definition) is 0. The van der Waals surface area contributed by atoms with Gasteiger partial charge in [-0.25, -0.2) is 0 Å². The van der Waals surface area contributed by atoms with Gasteiger partial charge in [-0.15, -0.1) is 0 Å². The Morgan fingerprint density at radius 3 is 2.87 bits per heavy atom. The minimum Gasteiger partial charge on any atom is -0.467 e. The van der Waals surface area contributed by atoms with E-state index in [2.05, 4.69) is 27.4 Å². The molecular formula is C12H18O2S. The minimum absolute atomic E-state index is 0.0618. The average Bonchev–Trinajstić information content (AvgIpc) is 1.99. The molecule has 0 spiro atoms. The zero-order valence-electron chi connectivity index (χ0n) is 9.63. The van der Waals surface area contributed by atoms with Crippen LogP contribution in [0.4, 0.5) is 0 Å². The van der Waals surface area contributed by atoms with Crippen molar-refractivity contribution >= 4 is 16.9 Å². The molecule has 1 aliphatic heterocycles. The molecule has 0 atom stereocenters. The first-order valence-corrected chi connectivity index (χ1v) is 6.04. The maximum absolute atomic E-state index is 11.4. The minimum atomic E-state index is -0.0618. The number of rotatable bonds is 4. The second kappa shape index (κ2) is 4.88. The van der Waals surface area contributed by atoms with Crippen LogP contribution in [0.3, 0.4) is 0 Å². The normalized spacial score (nSPS) is 19.7. The van der Waals surface area contributed by atoms with Gasteiger partial charge in [0, 0.05) is 23.7 Å². The number of hydrogen-bond acceptors (Lipinski definition) is 3. The summed E-state index contributed by atoms with van der Waals surface area (Å²) in [6.07, 6.45) is 4.22. The van der Waals surface area contributed by atoms with Crippen LogP contribution in [-0.2, 0) is 9.53 Å². The van der Waals surface area contributed by atoms with Gasteiger partial charge in [0.2, 0.25) is 5.12 Å². The molecule has 15 heavy (non-hydrogen) atoms. The lowest BCUT2D eigenvalue weighted by Gasteiger charge is -2.27. The summed E-state index contributed by atoms with van der Waals surface area (Å²) in [6, 6.07) is 0. The van der Waals surface area contributed by atoms with Crippen molar-refractivity contribution in [2.45, 2.75) is 44.8 Å². The summed E-state index contributed by atoms with van der Waals surface area (Å²) >= 11 is 1.36. The summed E-state index contributed by atoms with van der Waals surface area (Å²) in [5.74, 6) is 1.50. The van der Waals surface area contributed by atoms with Gasteiger partial charge in [-0.1, -0.05) is 25.3 Å². The Morgan fingerprint density at radius 2 is 2.33 bits per heavy atom. The van der Waals surface area contributed by atoms with Crippen molar-refractivity contribution in [1.82, 2.24) is 0 Å². The van der Waals surface area contributed by atoms with E-state index in [9.17, 15) is 4.79 Å². The van der Waals surface area contributed by atoms with Gasteiger partial charge in [-0.05, 0) is 20.3 Å². The number of ether oxygens (including phenoxy) is 1. The summed E-state index contributed by atoms with van der Waals surface area (Å²) in [5, 5.41) is 0.0746. The molecule has 1 rings (SSSR count). The quantitative estimate of drug-likeness (QED) is 0.684. The molecular weight excluding hydrogens is 208 g/mol. The zero-order chi connectivity index (χ0) is 11.5. The van der Waals surface area contributed by atoms with Gasteiger partial charge >= 0.3 is 0 Å². The van der Waals surface area contributed by atoms with Gasteiger partial charge < -0.3 is 4.74 Å². The lowest BCUT2D eigenvalue weighted by Crippen LogP contribution is -2.23. The van der Waals surface area contributed by atoms with Crippen LogP contribution in [0.15, 0.2) is 24.2 Å². The van der Waals surface area contributed by atoms with Crippen molar-refractivity contribution < 1.29 is 9.53 Å². The molecule has 1 heterocycles. The van der Waals surface area contributed by atoms with Gasteiger partial charge in [0.05, 0.1) is 5.76 Å². The van der Waals surface area contributed by atoms with Crippen molar-refractivity contribution in [3.8, 4) is 0 Å². The zero-order valence-corrected chi connectivity index (χ0v) is 10.4. The molecule has 0 saturated carbocycles. The highest BCUT2D eigenvalue weighted by Gasteiger charge is 2.29. The van der Waals surface area contributed by atoms with E-state index < -0.39 is 0 Å². The van der Waals surface area contributed by atoms with Crippen LogP contribution in [-0.4, -0.2) is 9.86 Å². The van der Waals surface area contributed by atoms with Gasteiger partial charge in [-0.2, -0.15) is 0 Å². The van der Waals surface area contributed by atoms with Crippen molar-refractivity contribution in [3.05, 3.63) is 24.2 Å². The van der Waals surface area contributed by atoms with E-state index in [1.54, 1.807) is 6.08 Å². The Labute approximate surface area is 95.8 Å². The molecule has 0 amide bonds. The highest BCUT2D eigenvalue weighted by atomic mass is 32.2. The summed E-state index contributed by atoms with van der Waals surface area (Å²) < 4.78 is 5.51. The summed E-state index contributed by atoms with van der Waals surface area (Å²) in [7, 11) is 0. The van der Waals surface area contributed by atoms with Crippen LogP contribution >= 0.6 is 11.8 Å². The largest absolute Gasteiger partial charge is 0.467 e. The van der Waals surface area contributed by atoms with Crippen LogP contribution in [0.1, 0.15) is 40.0 Å². The molecule has 0 saturated heterocycles. The number of thioether (sulfide) groups is 1. The van der Waals surface area contributed by atoms with Crippen molar-refractivity contribution in [2.75, 3.05) is 0 Å². The first kappa shape index (κ1) is 12.4. The van der Waals surface area contributed by atoms with Gasteiger partial charge in [-0.3, -0.25) is 4.79 Å². The van der Waals surface area contributed by atoms with Crippen LogP contribution in [0, 0.1) is 0 Å². The molecule has 0 bridgehead atoms. The first-order chi connectivity index (χ1) is 6.93. The summed E-state index contributed by atoms with van der Waals surface area (Å²) in [5.41, 5.74) is 0. The Hall–Kier alpha value is -0.700. The third-order valence-electron chi connectivity index (χ3n) is 2.06. The van der Waals surface area contributed by atoms with E-state index in [0.717, 1.165) is 30.8 Å². The van der Waals surface area contributed by atoms with Gasteiger partial charge in [0.25, 0.3) is 0 Å². The topological polar surface area (TPSA) is 26.3 Å². The molecule has 0 aromatic heterocycles. The Kier molecular flexibility index (Phi) is 4.03. The second-order valence-corrected chi connectivity index (χ2v) is 6.07. The van der Waals surface area contributed by atoms with Crippen molar-refractivity contribution in [3.63, 3.8) is 0 Å². The van der Waals surface area contributed by atoms with E-state index in [0.29, 0.717) is 0 Å². The van der Waals surface area contributed by atoms with Crippen molar-refractivity contribution in [1.29, 1.82) is 0 Å². The van der Waals surface area contributed by atoms with E-state index in [4.69, 9.17) is 4.74 Å². The summed E-state index contributed by atoms with van der Waals surface area (Å²) in [4.78, 5) is 11.4. The molecule has 0 N–H and O–H groups in total. The van der Waals surface area contributed by atoms with Crippen LogP contribution in [0.5, 0.6) is 0 Å². The van der Waals surface area contributed by atoms with E-state index in [1.165, 1.54) is 11.8 Å². The van der Waals surface area contributed by atoms with E-state index >= 15 is 0 Å². The van der Waals surface area contributed by atoms with Crippen LogP contribution < -0.4 is 0 Å². The first-order valence-electron chi connectivity index (χ1n) is 5.22. The molecule has 0 unspecified atom stereocenters. The third-order valence-corrected chi connectivity index (χ3v) is 3.08. The van der Waals surface area contributed by atoms with Crippen LogP contribution in [0.2, 0.25) is 0 Å². The third kappa shape index (κ3) is 4.12. The van der Waals surface area contributed by atoms with E-state index in [-0.39, 0.29) is 9.86 Å². The monoisotopic (exact) mass is 226 g/mol. The molecule has 84 valence electrons. The fourth-order valence-electron chi connectivity index (χ4n) is 1.52. The maximum atomic E-state index is 11.4. The predicted molar refractivity (Wildman–Crippen MR) is 64.5 cm³/mol. The molecule has 0 fully saturated rings. The number of carbonyl (C=O) groups is 1. The molecule has 0 aliphatic carbocycles. The van der Waals surface area contributed by atoms with E-state index in [1.807, 2.05) is 0 Å². The average molecular weight is 226 g/mol. The second-order valence-electron chi connectivity index (χ2n) is 4.36. The number of carbonyl (C=O) groups excluding carboxylic acids is 1. The highest BCUT2D eigenvalue weighted by molar-refractivity contribution is 8.15. The van der Waals surface area contributed by atoms with Crippen molar-refractivity contribution in [2.24, 2.45) is 0 Å². The Bertz CT molecular complexity index is 303. The molecule has 0 aromatic carbocycles.